The van der Waals surface area contributed by atoms with E-state index in [4.69, 9.17) is 18.6 Å². The van der Waals surface area contributed by atoms with Crippen LogP contribution in [0.3, 0.4) is 0 Å². The molecule has 8 heteroatoms. The zero-order valence-electron chi connectivity index (χ0n) is 12.9. The van der Waals surface area contributed by atoms with Crippen molar-refractivity contribution < 1.29 is 28.2 Å². The number of nitrogens with one attached hydrogen (secondary N) is 1. The summed E-state index contributed by atoms with van der Waals surface area (Å²) in [4.78, 5) is 27.9. The zero-order valence-corrected chi connectivity index (χ0v) is 12.9. The number of carbonyl (C=O) groups excluding carboxylic acids is 2. The molecule has 1 aromatic heterocycles. The number of hydrogen-bond acceptors (Lipinski definition) is 7. The van der Waals surface area contributed by atoms with E-state index in [0.29, 0.717) is 28.3 Å². The van der Waals surface area contributed by atoms with Gasteiger partial charge in [-0.1, -0.05) is 0 Å². The Morgan fingerprint density at radius 1 is 1.12 bits per heavy atom. The molecule has 0 bridgehead atoms. The van der Waals surface area contributed by atoms with Crippen LogP contribution in [0.2, 0.25) is 0 Å². The number of nitrogens with zero attached hydrogens (tertiary/aromatic N) is 1. The second-order valence-corrected chi connectivity index (χ2v) is 5.23. The maximum atomic E-state index is 12.0. The molecule has 0 atom stereocenters. The van der Waals surface area contributed by atoms with Crippen molar-refractivity contribution in [2.75, 3.05) is 18.7 Å². The van der Waals surface area contributed by atoms with Crippen molar-refractivity contribution in [2.24, 2.45) is 0 Å². The summed E-state index contributed by atoms with van der Waals surface area (Å²) in [5, 5.41) is 2.62. The van der Waals surface area contributed by atoms with E-state index in [1.807, 2.05) is 0 Å². The van der Waals surface area contributed by atoms with Crippen LogP contribution in [-0.4, -0.2) is 30.3 Å². The van der Waals surface area contributed by atoms with E-state index in [1.165, 1.54) is 12.5 Å². The molecule has 0 unspecified atom stereocenters. The number of oxazole rings is 1. The lowest BCUT2D eigenvalue weighted by Gasteiger charge is -2.07. The average molecular weight is 340 g/mol. The normalized spacial score (nSPS) is 12.2. The number of esters is 1. The summed E-state index contributed by atoms with van der Waals surface area (Å²) in [6.07, 6.45) is 1.29. The molecule has 25 heavy (non-hydrogen) atoms. The molecule has 3 aromatic rings. The van der Waals surface area contributed by atoms with Crippen molar-refractivity contribution in [1.82, 2.24) is 4.98 Å². The fourth-order valence-corrected chi connectivity index (χ4v) is 2.37. The Kier molecular flexibility index (Phi) is 3.70. The molecule has 1 amide bonds. The Bertz CT molecular complexity index is 965. The van der Waals surface area contributed by atoms with Crippen molar-refractivity contribution in [1.29, 1.82) is 0 Å². The standard InChI is InChI=1S/C17H12N2O6/c20-16(19-11-2-4-14-15(6-11)25-9-24-14)7-22-17(21)10-1-3-13-12(5-10)18-8-23-13/h1-6,8H,7,9H2,(H,19,20). The molecule has 0 spiro atoms. The molecule has 0 radical (unpaired) electrons. The molecule has 2 heterocycles. The minimum atomic E-state index is -0.620. The molecule has 8 nitrogen and oxygen atoms in total. The fourth-order valence-electron chi connectivity index (χ4n) is 2.37. The highest BCUT2D eigenvalue weighted by atomic mass is 16.7. The number of fused-ring (bicyclic) bond motifs is 2. The summed E-state index contributed by atoms with van der Waals surface area (Å²) in [5.74, 6) is 0.0869. The van der Waals surface area contributed by atoms with Crippen LogP contribution in [0.5, 0.6) is 11.5 Å². The van der Waals surface area contributed by atoms with Crippen LogP contribution in [-0.2, 0) is 9.53 Å². The second kappa shape index (κ2) is 6.16. The van der Waals surface area contributed by atoms with Gasteiger partial charge in [0.15, 0.2) is 30.1 Å². The zero-order chi connectivity index (χ0) is 17.2. The van der Waals surface area contributed by atoms with Crippen molar-refractivity contribution in [3.05, 3.63) is 48.4 Å². The summed E-state index contributed by atoms with van der Waals surface area (Å²) in [5.41, 5.74) is 1.92. The van der Waals surface area contributed by atoms with Crippen LogP contribution >= 0.6 is 0 Å². The smallest absolute Gasteiger partial charge is 0.338 e. The Labute approximate surface area is 141 Å². The summed E-state index contributed by atoms with van der Waals surface area (Å²) < 4.78 is 20.5. The average Bonchev–Trinajstić information content (AvgIpc) is 3.27. The molecule has 126 valence electrons. The summed E-state index contributed by atoms with van der Waals surface area (Å²) in [6, 6.07) is 9.71. The fraction of sp³-hybridized carbons (Fsp3) is 0.118. The number of rotatable bonds is 4. The molecular weight excluding hydrogens is 328 g/mol. The highest BCUT2D eigenvalue weighted by molar-refractivity contribution is 5.97. The summed E-state index contributed by atoms with van der Waals surface area (Å²) in [6.45, 7) is -0.260. The van der Waals surface area contributed by atoms with Gasteiger partial charge >= 0.3 is 5.97 Å². The molecule has 4 rings (SSSR count). The molecule has 1 aliphatic rings. The van der Waals surface area contributed by atoms with Crippen molar-refractivity contribution in [3.8, 4) is 11.5 Å². The summed E-state index contributed by atoms with van der Waals surface area (Å²) >= 11 is 0. The molecule has 1 aliphatic heterocycles. The number of benzene rings is 2. The van der Waals surface area contributed by atoms with Gasteiger partial charge in [-0.15, -0.1) is 0 Å². The van der Waals surface area contributed by atoms with E-state index in [1.54, 1.807) is 30.3 Å². The minimum Gasteiger partial charge on any atom is -0.454 e. The Morgan fingerprint density at radius 3 is 2.92 bits per heavy atom. The number of aromatic nitrogens is 1. The van der Waals surface area contributed by atoms with Crippen LogP contribution in [0.25, 0.3) is 11.1 Å². The molecule has 0 fully saturated rings. The van der Waals surface area contributed by atoms with Gasteiger partial charge in [0.1, 0.15) is 5.52 Å². The largest absolute Gasteiger partial charge is 0.454 e. The van der Waals surface area contributed by atoms with Gasteiger partial charge in [0.2, 0.25) is 6.79 Å². The first kappa shape index (κ1) is 15.0. The van der Waals surface area contributed by atoms with Crippen LogP contribution in [0.1, 0.15) is 10.4 Å². The first-order valence-corrected chi connectivity index (χ1v) is 7.39. The molecule has 0 aliphatic carbocycles. The Morgan fingerprint density at radius 2 is 2.00 bits per heavy atom. The van der Waals surface area contributed by atoms with Gasteiger partial charge in [-0.25, -0.2) is 9.78 Å². The van der Waals surface area contributed by atoms with E-state index in [0.717, 1.165) is 0 Å². The summed E-state index contributed by atoms with van der Waals surface area (Å²) in [7, 11) is 0. The maximum Gasteiger partial charge on any atom is 0.338 e. The van der Waals surface area contributed by atoms with E-state index in [9.17, 15) is 9.59 Å². The van der Waals surface area contributed by atoms with Crippen LogP contribution in [0.15, 0.2) is 47.2 Å². The van der Waals surface area contributed by atoms with E-state index >= 15 is 0 Å². The van der Waals surface area contributed by atoms with Gasteiger partial charge in [0.25, 0.3) is 5.91 Å². The van der Waals surface area contributed by atoms with Gasteiger partial charge in [-0.05, 0) is 30.3 Å². The van der Waals surface area contributed by atoms with E-state index < -0.39 is 18.5 Å². The SMILES string of the molecule is O=C(COC(=O)c1ccc2ocnc2c1)Nc1ccc2c(c1)OCO2. The van der Waals surface area contributed by atoms with Gasteiger partial charge in [0.05, 0.1) is 5.56 Å². The van der Waals surface area contributed by atoms with Crippen LogP contribution in [0, 0.1) is 0 Å². The molecule has 1 N–H and O–H groups in total. The first-order chi connectivity index (χ1) is 12.2. The highest BCUT2D eigenvalue weighted by Crippen LogP contribution is 2.34. The number of ether oxygens (including phenoxy) is 3. The third-order valence-corrected chi connectivity index (χ3v) is 3.56. The number of amides is 1. The molecular formula is C17H12N2O6. The number of anilines is 1. The predicted molar refractivity (Wildman–Crippen MR) is 85.5 cm³/mol. The van der Waals surface area contributed by atoms with Gasteiger partial charge in [-0.2, -0.15) is 0 Å². The Hall–Kier alpha value is -3.55. The van der Waals surface area contributed by atoms with Crippen LogP contribution in [0.4, 0.5) is 5.69 Å². The van der Waals surface area contributed by atoms with Crippen molar-refractivity contribution in [3.63, 3.8) is 0 Å². The number of carbonyl (C=O) groups is 2. The van der Waals surface area contributed by atoms with Crippen molar-refractivity contribution >= 4 is 28.7 Å². The first-order valence-electron chi connectivity index (χ1n) is 7.39. The monoisotopic (exact) mass is 340 g/mol. The lowest BCUT2D eigenvalue weighted by atomic mass is 10.2. The maximum absolute atomic E-state index is 12.0. The topological polar surface area (TPSA) is 99.9 Å². The lowest BCUT2D eigenvalue weighted by Crippen LogP contribution is -2.20. The number of hydrogen-bond donors (Lipinski definition) is 1. The molecule has 0 saturated carbocycles. The van der Waals surface area contributed by atoms with Crippen LogP contribution < -0.4 is 14.8 Å². The molecule has 2 aromatic carbocycles. The van der Waals surface area contributed by atoms with E-state index in [2.05, 4.69) is 10.3 Å². The predicted octanol–water partition coefficient (Wildman–Crippen LogP) is 2.35. The third kappa shape index (κ3) is 3.09. The van der Waals surface area contributed by atoms with Gasteiger partial charge < -0.3 is 23.9 Å². The molecule has 0 saturated heterocycles. The van der Waals surface area contributed by atoms with Crippen molar-refractivity contribution in [2.45, 2.75) is 0 Å². The minimum absolute atomic E-state index is 0.153. The Balaban J connectivity index is 1.35. The van der Waals surface area contributed by atoms with Gasteiger partial charge in [-0.3, -0.25) is 4.79 Å². The third-order valence-electron chi connectivity index (χ3n) is 3.56. The second-order valence-electron chi connectivity index (χ2n) is 5.23. The lowest BCUT2D eigenvalue weighted by molar-refractivity contribution is -0.119. The highest BCUT2D eigenvalue weighted by Gasteiger charge is 2.15. The van der Waals surface area contributed by atoms with Gasteiger partial charge in [0, 0.05) is 11.8 Å². The quantitative estimate of drug-likeness (QED) is 0.728. The van der Waals surface area contributed by atoms with E-state index in [-0.39, 0.29) is 12.4 Å².